The lowest BCUT2D eigenvalue weighted by atomic mass is 10.2. The van der Waals surface area contributed by atoms with Crippen LogP contribution in [0.5, 0.6) is 5.75 Å². The molecule has 0 radical (unpaired) electrons. The highest BCUT2D eigenvalue weighted by atomic mass is 79.9. The normalized spacial score (nSPS) is 10.6. The maximum atomic E-state index is 12.2. The molecule has 112 valence electrons. The number of hydrogen-bond donors (Lipinski definition) is 1. The first kappa shape index (κ1) is 14.7. The average Bonchev–Trinajstić information content (AvgIpc) is 2.90. The molecule has 0 bridgehead atoms. The summed E-state index contributed by atoms with van der Waals surface area (Å²) in [6, 6.07) is 15.3. The maximum Gasteiger partial charge on any atom is 0.244 e. The van der Waals surface area contributed by atoms with E-state index >= 15 is 0 Å². The number of anilines is 1. The Balaban J connectivity index is 1.72. The Labute approximate surface area is 136 Å². The summed E-state index contributed by atoms with van der Waals surface area (Å²) in [6.07, 6.45) is 1.92. The molecule has 0 aliphatic heterocycles. The number of hydrogen-bond acceptors (Lipinski definition) is 2. The number of fused-ring (bicyclic) bond motifs is 1. The van der Waals surface area contributed by atoms with Gasteiger partial charge in [0.05, 0.1) is 7.11 Å². The molecule has 1 N–H and O–H groups in total. The number of halogens is 1. The largest absolute Gasteiger partial charge is 0.497 e. The number of nitrogens with zero attached hydrogens (tertiary/aromatic N) is 1. The number of nitrogens with one attached hydrogen (secondary N) is 1. The molecule has 3 aromatic rings. The van der Waals surface area contributed by atoms with E-state index in [-0.39, 0.29) is 12.5 Å². The van der Waals surface area contributed by atoms with Crippen molar-refractivity contribution in [3.05, 3.63) is 59.2 Å². The Morgan fingerprint density at radius 1 is 1.18 bits per heavy atom. The van der Waals surface area contributed by atoms with E-state index in [0.717, 1.165) is 26.8 Å². The highest BCUT2D eigenvalue weighted by Crippen LogP contribution is 2.21. The van der Waals surface area contributed by atoms with E-state index < -0.39 is 0 Å². The van der Waals surface area contributed by atoms with Crippen LogP contribution in [-0.4, -0.2) is 17.6 Å². The summed E-state index contributed by atoms with van der Waals surface area (Å²) in [4.78, 5) is 12.2. The number of carbonyl (C=O) groups excluding carboxylic acids is 1. The first-order chi connectivity index (χ1) is 10.7. The summed E-state index contributed by atoms with van der Waals surface area (Å²) in [5, 5.41) is 3.99. The molecule has 0 fully saturated rings. The standard InChI is InChI=1S/C17H15BrN2O2/c1-22-15-5-3-14(4-6-15)19-17(21)11-20-9-8-12-10-13(18)2-7-16(12)20/h2-10H,11H2,1H3,(H,19,21). The molecular formula is C17H15BrN2O2. The molecule has 0 aliphatic rings. The molecule has 4 nitrogen and oxygen atoms in total. The Morgan fingerprint density at radius 2 is 1.95 bits per heavy atom. The van der Waals surface area contributed by atoms with Gasteiger partial charge in [0.15, 0.2) is 0 Å². The molecule has 0 saturated heterocycles. The molecule has 0 aliphatic carbocycles. The van der Waals surface area contributed by atoms with Crippen LogP contribution in [0.1, 0.15) is 0 Å². The summed E-state index contributed by atoms with van der Waals surface area (Å²) in [7, 11) is 1.61. The van der Waals surface area contributed by atoms with Crippen LogP contribution in [0.25, 0.3) is 10.9 Å². The fourth-order valence-corrected chi connectivity index (χ4v) is 2.72. The summed E-state index contributed by atoms with van der Waals surface area (Å²) in [5.74, 6) is 0.700. The molecule has 0 saturated carbocycles. The van der Waals surface area contributed by atoms with E-state index in [2.05, 4.69) is 21.2 Å². The smallest absolute Gasteiger partial charge is 0.244 e. The van der Waals surface area contributed by atoms with Crippen LogP contribution in [-0.2, 0) is 11.3 Å². The van der Waals surface area contributed by atoms with Gasteiger partial charge in [-0.15, -0.1) is 0 Å². The molecule has 1 amide bonds. The van der Waals surface area contributed by atoms with Gasteiger partial charge in [-0.05, 0) is 48.5 Å². The topological polar surface area (TPSA) is 43.3 Å². The van der Waals surface area contributed by atoms with E-state index in [1.165, 1.54) is 0 Å². The summed E-state index contributed by atoms with van der Waals surface area (Å²) in [5.41, 5.74) is 1.79. The molecule has 1 heterocycles. The van der Waals surface area contributed by atoms with Gasteiger partial charge in [-0.25, -0.2) is 0 Å². The second-order valence-electron chi connectivity index (χ2n) is 4.92. The van der Waals surface area contributed by atoms with Crippen LogP contribution in [0, 0.1) is 0 Å². The molecule has 0 unspecified atom stereocenters. The van der Waals surface area contributed by atoms with Crippen LogP contribution in [0.15, 0.2) is 59.2 Å². The molecule has 1 aromatic heterocycles. The Morgan fingerprint density at radius 3 is 2.68 bits per heavy atom. The van der Waals surface area contributed by atoms with E-state index in [4.69, 9.17) is 4.74 Å². The van der Waals surface area contributed by atoms with Crippen molar-refractivity contribution < 1.29 is 9.53 Å². The zero-order chi connectivity index (χ0) is 15.5. The van der Waals surface area contributed by atoms with Gasteiger partial charge in [0.25, 0.3) is 0 Å². The molecule has 5 heteroatoms. The van der Waals surface area contributed by atoms with E-state index in [9.17, 15) is 4.79 Å². The zero-order valence-corrected chi connectivity index (χ0v) is 13.6. The number of aromatic nitrogens is 1. The van der Waals surface area contributed by atoms with Crippen molar-refractivity contribution in [1.82, 2.24) is 4.57 Å². The summed E-state index contributed by atoms with van der Waals surface area (Å²) < 4.78 is 8.06. The van der Waals surface area contributed by atoms with Crippen molar-refractivity contribution in [3.8, 4) is 5.75 Å². The van der Waals surface area contributed by atoms with Gasteiger partial charge in [-0.1, -0.05) is 15.9 Å². The predicted molar refractivity (Wildman–Crippen MR) is 91.3 cm³/mol. The predicted octanol–water partition coefficient (Wildman–Crippen LogP) is 4.05. The highest BCUT2D eigenvalue weighted by molar-refractivity contribution is 9.10. The number of methoxy groups -OCH3 is 1. The number of rotatable bonds is 4. The lowest BCUT2D eigenvalue weighted by Crippen LogP contribution is -2.18. The quantitative estimate of drug-likeness (QED) is 0.764. The van der Waals surface area contributed by atoms with Gasteiger partial charge in [0, 0.05) is 27.3 Å². The minimum absolute atomic E-state index is 0.0643. The first-order valence-corrected chi connectivity index (χ1v) is 7.63. The molecular weight excluding hydrogens is 344 g/mol. The third-order valence-corrected chi connectivity index (χ3v) is 3.91. The van der Waals surface area contributed by atoms with Crippen LogP contribution in [0.4, 0.5) is 5.69 Å². The SMILES string of the molecule is COc1ccc(NC(=O)Cn2ccc3cc(Br)ccc32)cc1. The fourth-order valence-electron chi connectivity index (χ4n) is 2.34. The van der Waals surface area contributed by atoms with E-state index in [1.54, 1.807) is 7.11 Å². The van der Waals surface area contributed by atoms with Gasteiger partial charge in [0.1, 0.15) is 12.3 Å². The van der Waals surface area contributed by atoms with Crippen molar-refractivity contribution in [2.75, 3.05) is 12.4 Å². The average molecular weight is 359 g/mol. The summed E-state index contributed by atoms with van der Waals surface area (Å²) >= 11 is 3.45. The Kier molecular flexibility index (Phi) is 4.15. The number of benzene rings is 2. The Hall–Kier alpha value is -2.27. The van der Waals surface area contributed by atoms with Gasteiger partial charge < -0.3 is 14.6 Å². The third kappa shape index (κ3) is 3.14. The van der Waals surface area contributed by atoms with Gasteiger partial charge in [-0.3, -0.25) is 4.79 Å². The molecule has 0 spiro atoms. The van der Waals surface area contributed by atoms with Gasteiger partial charge in [-0.2, -0.15) is 0 Å². The van der Waals surface area contributed by atoms with Crippen LogP contribution >= 0.6 is 15.9 Å². The van der Waals surface area contributed by atoms with E-state index in [1.807, 2.05) is 59.3 Å². The molecule has 22 heavy (non-hydrogen) atoms. The lowest BCUT2D eigenvalue weighted by Gasteiger charge is -2.08. The van der Waals surface area contributed by atoms with Gasteiger partial charge >= 0.3 is 0 Å². The molecule has 2 aromatic carbocycles. The number of carbonyl (C=O) groups is 1. The second kappa shape index (κ2) is 6.23. The van der Waals surface area contributed by atoms with E-state index in [0.29, 0.717) is 0 Å². The monoisotopic (exact) mass is 358 g/mol. The van der Waals surface area contributed by atoms with Crippen molar-refractivity contribution in [1.29, 1.82) is 0 Å². The minimum Gasteiger partial charge on any atom is -0.497 e. The van der Waals surface area contributed by atoms with Crippen LogP contribution in [0.3, 0.4) is 0 Å². The lowest BCUT2D eigenvalue weighted by molar-refractivity contribution is -0.116. The van der Waals surface area contributed by atoms with Gasteiger partial charge in [0.2, 0.25) is 5.91 Å². The number of amides is 1. The summed E-state index contributed by atoms with van der Waals surface area (Å²) in [6.45, 7) is 0.275. The van der Waals surface area contributed by atoms with Crippen molar-refractivity contribution in [2.45, 2.75) is 6.54 Å². The number of ether oxygens (including phenoxy) is 1. The zero-order valence-electron chi connectivity index (χ0n) is 12.0. The van der Waals surface area contributed by atoms with Crippen LogP contribution < -0.4 is 10.1 Å². The molecule has 3 rings (SSSR count). The Bertz CT molecular complexity index is 809. The van der Waals surface area contributed by atoms with Crippen molar-refractivity contribution >= 4 is 38.4 Å². The second-order valence-corrected chi connectivity index (χ2v) is 5.84. The third-order valence-electron chi connectivity index (χ3n) is 3.42. The maximum absolute atomic E-state index is 12.2. The van der Waals surface area contributed by atoms with Crippen molar-refractivity contribution in [3.63, 3.8) is 0 Å². The highest BCUT2D eigenvalue weighted by Gasteiger charge is 2.07. The van der Waals surface area contributed by atoms with Crippen molar-refractivity contribution in [2.24, 2.45) is 0 Å². The molecule has 0 atom stereocenters. The first-order valence-electron chi connectivity index (χ1n) is 6.84. The fraction of sp³-hybridized carbons (Fsp3) is 0.118. The van der Waals surface area contributed by atoms with Crippen LogP contribution in [0.2, 0.25) is 0 Å². The minimum atomic E-state index is -0.0643.